The van der Waals surface area contributed by atoms with Crippen molar-refractivity contribution in [2.45, 2.75) is 6.61 Å². The lowest BCUT2D eigenvalue weighted by Crippen LogP contribution is -1.81. The van der Waals surface area contributed by atoms with Gasteiger partial charge in [0.2, 0.25) is 0 Å². The number of hydrogen-bond donors (Lipinski definition) is 1. The van der Waals surface area contributed by atoms with E-state index in [2.05, 4.69) is 4.94 Å². The number of aliphatic hydroxyl groups is 1. The van der Waals surface area contributed by atoms with Crippen molar-refractivity contribution in [2.75, 3.05) is 0 Å². The number of aliphatic hydroxyl groups excluding tert-OH is 1. The topological polar surface area (TPSA) is 29.5 Å². The highest BCUT2D eigenvalue weighted by Crippen LogP contribution is 2.11. The Morgan fingerprint density at radius 2 is 1.90 bits per heavy atom. The van der Waals surface area contributed by atoms with Gasteiger partial charge in [-0.05, 0) is 17.7 Å². The smallest absolute Gasteiger partial charge is 0.171 e. The first-order chi connectivity index (χ1) is 4.86. The van der Waals surface area contributed by atoms with Crippen LogP contribution in [0, 0.1) is 0 Å². The van der Waals surface area contributed by atoms with Gasteiger partial charge in [-0.15, -0.1) is 0 Å². The largest absolute Gasteiger partial charge is 0.392 e. The summed E-state index contributed by atoms with van der Waals surface area (Å²) in [7, 11) is 0. The van der Waals surface area contributed by atoms with E-state index in [1.165, 1.54) is 12.1 Å². The summed E-state index contributed by atoms with van der Waals surface area (Å²) >= 11 is 0. The SMILES string of the molecule is OCc1ccc(OF)cc1. The van der Waals surface area contributed by atoms with E-state index in [9.17, 15) is 4.53 Å². The van der Waals surface area contributed by atoms with Gasteiger partial charge in [0, 0.05) is 4.53 Å². The molecular weight excluding hydrogens is 135 g/mol. The van der Waals surface area contributed by atoms with Gasteiger partial charge in [-0.1, -0.05) is 12.1 Å². The van der Waals surface area contributed by atoms with Gasteiger partial charge in [-0.2, -0.15) is 0 Å². The number of benzene rings is 1. The van der Waals surface area contributed by atoms with Gasteiger partial charge in [0.05, 0.1) is 6.61 Å². The average Bonchev–Trinajstić information content (AvgIpc) is 2.05. The second-order valence-corrected chi connectivity index (χ2v) is 1.88. The Morgan fingerprint density at radius 3 is 2.30 bits per heavy atom. The molecule has 0 fully saturated rings. The molecule has 54 valence electrons. The highest BCUT2D eigenvalue weighted by molar-refractivity contribution is 5.26. The quantitative estimate of drug-likeness (QED) is 0.677. The third kappa shape index (κ3) is 1.45. The molecule has 2 nitrogen and oxygen atoms in total. The van der Waals surface area contributed by atoms with Crippen LogP contribution in [0.4, 0.5) is 4.53 Å². The molecule has 1 aromatic rings. The lowest BCUT2D eigenvalue weighted by atomic mass is 10.2. The molecule has 0 saturated carbocycles. The van der Waals surface area contributed by atoms with Gasteiger partial charge in [0.25, 0.3) is 0 Å². The van der Waals surface area contributed by atoms with Crippen molar-refractivity contribution < 1.29 is 14.6 Å². The van der Waals surface area contributed by atoms with Crippen LogP contribution < -0.4 is 4.94 Å². The van der Waals surface area contributed by atoms with Gasteiger partial charge in [-0.3, -0.25) is 4.94 Å². The second-order valence-electron chi connectivity index (χ2n) is 1.88. The Labute approximate surface area is 57.8 Å². The van der Waals surface area contributed by atoms with Crippen LogP contribution in [0.25, 0.3) is 0 Å². The van der Waals surface area contributed by atoms with E-state index in [1.54, 1.807) is 12.1 Å². The van der Waals surface area contributed by atoms with Crippen molar-refractivity contribution in [2.24, 2.45) is 0 Å². The van der Waals surface area contributed by atoms with E-state index >= 15 is 0 Å². The van der Waals surface area contributed by atoms with Crippen LogP contribution in [0.5, 0.6) is 5.75 Å². The number of hydrogen-bond acceptors (Lipinski definition) is 2. The van der Waals surface area contributed by atoms with Crippen molar-refractivity contribution in [3.8, 4) is 5.75 Å². The molecule has 0 aliphatic heterocycles. The normalized spacial score (nSPS) is 9.40. The fraction of sp³-hybridized carbons (Fsp3) is 0.143. The minimum Gasteiger partial charge on any atom is -0.392 e. The molecule has 1 rings (SSSR count). The second kappa shape index (κ2) is 3.17. The monoisotopic (exact) mass is 142 g/mol. The van der Waals surface area contributed by atoms with E-state index in [-0.39, 0.29) is 12.4 Å². The zero-order valence-corrected chi connectivity index (χ0v) is 5.25. The van der Waals surface area contributed by atoms with Crippen LogP contribution in [0.2, 0.25) is 0 Å². The van der Waals surface area contributed by atoms with E-state index in [0.717, 1.165) is 5.56 Å². The number of rotatable bonds is 2. The van der Waals surface area contributed by atoms with Crippen LogP contribution in [0.1, 0.15) is 5.56 Å². The molecule has 0 spiro atoms. The molecule has 0 aromatic heterocycles. The molecule has 0 atom stereocenters. The van der Waals surface area contributed by atoms with Crippen LogP contribution in [0.3, 0.4) is 0 Å². The van der Waals surface area contributed by atoms with Crippen molar-refractivity contribution >= 4 is 0 Å². The predicted octanol–water partition coefficient (Wildman–Crippen LogP) is 1.44. The van der Waals surface area contributed by atoms with Gasteiger partial charge >= 0.3 is 0 Å². The minimum atomic E-state index is -0.0352. The van der Waals surface area contributed by atoms with Gasteiger partial charge in [0.1, 0.15) is 0 Å². The third-order valence-corrected chi connectivity index (χ3v) is 1.20. The Kier molecular flexibility index (Phi) is 2.23. The Bertz CT molecular complexity index is 172. The van der Waals surface area contributed by atoms with E-state index in [0.29, 0.717) is 0 Å². The summed E-state index contributed by atoms with van der Waals surface area (Å²) in [6.45, 7) is -0.0352. The molecule has 0 heterocycles. The van der Waals surface area contributed by atoms with Crippen LogP contribution in [-0.2, 0) is 6.61 Å². The summed E-state index contributed by atoms with van der Waals surface area (Å²) < 4.78 is 11.4. The molecule has 0 bridgehead atoms. The maximum absolute atomic E-state index is 11.4. The molecule has 3 heteroatoms. The molecule has 0 unspecified atom stereocenters. The van der Waals surface area contributed by atoms with E-state index in [1.807, 2.05) is 0 Å². The summed E-state index contributed by atoms with van der Waals surface area (Å²) in [6, 6.07) is 6.08. The average molecular weight is 142 g/mol. The summed E-state index contributed by atoms with van der Waals surface area (Å²) in [5.74, 6) is 0.150. The highest BCUT2D eigenvalue weighted by Gasteiger charge is 1.92. The Balaban J connectivity index is 2.80. The van der Waals surface area contributed by atoms with Crippen molar-refractivity contribution in [3.63, 3.8) is 0 Å². The minimum absolute atomic E-state index is 0.0352. The first kappa shape index (κ1) is 7.02. The molecule has 0 aliphatic rings. The summed E-state index contributed by atoms with van der Waals surface area (Å²) in [5, 5.41) is 8.57. The lowest BCUT2D eigenvalue weighted by molar-refractivity contribution is -0.00624. The van der Waals surface area contributed by atoms with Crippen LogP contribution in [0.15, 0.2) is 24.3 Å². The molecule has 1 aromatic carbocycles. The summed E-state index contributed by atoms with van der Waals surface area (Å²) in [5.41, 5.74) is 0.737. The standard InChI is InChI=1S/C7H7FO2/c8-10-7-3-1-6(5-9)2-4-7/h1-4,9H,5H2. The molecule has 0 amide bonds. The fourth-order valence-corrected chi connectivity index (χ4v) is 0.646. The molecule has 0 radical (unpaired) electrons. The maximum atomic E-state index is 11.4. The molecule has 0 saturated heterocycles. The van der Waals surface area contributed by atoms with Crippen molar-refractivity contribution in [1.29, 1.82) is 0 Å². The van der Waals surface area contributed by atoms with Crippen LogP contribution >= 0.6 is 0 Å². The van der Waals surface area contributed by atoms with Gasteiger partial charge in [0.15, 0.2) is 5.75 Å². The van der Waals surface area contributed by atoms with Crippen molar-refractivity contribution in [3.05, 3.63) is 29.8 Å². The molecule has 0 aliphatic carbocycles. The van der Waals surface area contributed by atoms with E-state index < -0.39 is 0 Å². The fourth-order valence-electron chi connectivity index (χ4n) is 0.646. The lowest BCUT2D eigenvalue weighted by Gasteiger charge is -1.95. The molecular formula is C7H7FO2. The summed E-state index contributed by atoms with van der Waals surface area (Å²) in [4.78, 5) is 3.43. The van der Waals surface area contributed by atoms with Gasteiger partial charge < -0.3 is 5.11 Å². The zero-order valence-electron chi connectivity index (χ0n) is 5.25. The maximum Gasteiger partial charge on any atom is 0.171 e. The first-order valence-electron chi connectivity index (χ1n) is 2.85. The Hall–Kier alpha value is -1.09. The summed E-state index contributed by atoms with van der Waals surface area (Å²) in [6.07, 6.45) is 0. The van der Waals surface area contributed by atoms with E-state index in [4.69, 9.17) is 5.11 Å². The molecule has 10 heavy (non-hydrogen) atoms. The highest BCUT2D eigenvalue weighted by atomic mass is 19.3. The van der Waals surface area contributed by atoms with Crippen molar-refractivity contribution in [1.82, 2.24) is 0 Å². The Morgan fingerprint density at radius 1 is 1.30 bits per heavy atom. The number of halogens is 1. The van der Waals surface area contributed by atoms with Gasteiger partial charge in [-0.25, -0.2) is 0 Å². The molecule has 1 N–H and O–H groups in total. The first-order valence-corrected chi connectivity index (χ1v) is 2.85. The zero-order chi connectivity index (χ0) is 7.40. The third-order valence-electron chi connectivity index (χ3n) is 1.20. The van der Waals surface area contributed by atoms with Crippen LogP contribution in [-0.4, -0.2) is 5.11 Å². The predicted molar refractivity (Wildman–Crippen MR) is 34.1 cm³/mol.